The zero-order valence-electron chi connectivity index (χ0n) is 14.6. The number of amides is 1. The Morgan fingerprint density at radius 2 is 2.17 bits per heavy atom. The Bertz CT molecular complexity index is 575. The van der Waals surface area contributed by atoms with Gasteiger partial charge >= 0.3 is 0 Å². The molecular formula is C19H28N2O3. The number of hydrogen-bond donors (Lipinski definition) is 1. The summed E-state index contributed by atoms with van der Waals surface area (Å²) in [6.45, 7) is 1.79. The smallest absolute Gasteiger partial charge is 0.225 e. The molecule has 1 amide bonds. The monoisotopic (exact) mass is 332 g/mol. The summed E-state index contributed by atoms with van der Waals surface area (Å²) in [7, 11) is 4.20. The summed E-state index contributed by atoms with van der Waals surface area (Å²) < 4.78 is 5.83. The van der Waals surface area contributed by atoms with Crippen molar-refractivity contribution in [1.82, 2.24) is 9.80 Å². The quantitative estimate of drug-likeness (QED) is 0.923. The normalized spacial score (nSPS) is 28.1. The third kappa shape index (κ3) is 3.90. The topological polar surface area (TPSA) is 53.0 Å². The molecule has 0 spiro atoms. The Morgan fingerprint density at radius 1 is 1.33 bits per heavy atom. The number of benzene rings is 1. The first-order chi connectivity index (χ1) is 11.5. The summed E-state index contributed by atoms with van der Waals surface area (Å²) >= 11 is 0. The van der Waals surface area contributed by atoms with Crippen molar-refractivity contribution in [3.05, 3.63) is 29.8 Å². The van der Waals surface area contributed by atoms with E-state index in [9.17, 15) is 9.90 Å². The van der Waals surface area contributed by atoms with E-state index in [0.717, 1.165) is 24.8 Å². The van der Waals surface area contributed by atoms with Gasteiger partial charge in [-0.15, -0.1) is 0 Å². The molecule has 1 heterocycles. The Balaban J connectivity index is 1.64. The SMILES string of the molecule is CN(C)C1CCCC(C(=O)N2CCOC(c3cccc(O)c3)C2)C1. The van der Waals surface area contributed by atoms with Gasteiger partial charge in [-0.1, -0.05) is 18.6 Å². The summed E-state index contributed by atoms with van der Waals surface area (Å²) in [5.41, 5.74) is 0.933. The van der Waals surface area contributed by atoms with Crippen molar-refractivity contribution in [2.24, 2.45) is 5.92 Å². The molecule has 0 bridgehead atoms. The van der Waals surface area contributed by atoms with Crippen LogP contribution in [0.15, 0.2) is 24.3 Å². The number of rotatable bonds is 3. The van der Waals surface area contributed by atoms with Gasteiger partial charge in [-0.3, -0.25) is 4.79 Å². The number of carbonyl (C=O) groups is 1. The van der Waals surface area contributed by atoms with E-state index in [2.05, 4.69) is 19.0 Å². The van der Waals surface area contributed by atoms with Gasteiger partial charge in [0.15, 0.2) is 0 Å². The lowest BCUT2D eigenvalue weighted by Gasteiger charge is -2.38. The highest BCUT2D eigenvalue weighted by atomic mass is 16.5. The van der Waals surface area contributed by atoms with E-state index in [1.165, 1.54) is 6.42 Å². The molecule has 3 atom stereocenters. The van der Waals surface area contributed by atoms with Gasteiger partial charge in [0.2, 0.25) is 5.91 Å². The van der Waals surface area contributed by atoms with Gasteiger partial charge in [0.05, 0.1) is 13.2 Å². The van der Waals surface area contributed by atoms with Crippen LogP contribution in [0.2, 0.25) is 0 Å². The number of carbonyl (C=O) groups excluding carboxylic acids is 1. The average molecular weight is 332 g/mol. The highest BCUT2D eigenvalue weighted by molar-refractivity contribution is 5.79. The molecule has 1 aromatic carbocycles. The maximum Gasteiger partial charge on any atom is 0.225 e. The zero-order chi connectivity index (χ0) is 17.1. The van der Waals surface area contributed by atoms with E-state index in [-0.39, 0.29) is 23.7 Å². The predicted molar refractivity (Wildman–Crippen MR) is 92.8 cm³/mol. The van der Waals surface area contributed by atoms with Crippen LogP contribution >= 0.6 is 0 Å². The molecule has 0 radical (unpaired) electrons. The molecule has 1 N–H and O–H groups in total. The van der Waals surface area contributed by atoms with Crippen LogP contribution in [0.5, 0.6) is 5.75 Å². The fourth-order valence-electron chi connectivity index (χ4n) is 3.89. The number of morpholine rings is 1. The van der Waals surface area contributed by atoms with Gasteiger partial charge < -0.3 is 19.6 Å². The molecule has 1 saturated heterocycles. The standard InChI is InChI=1S/C19H28N2O3/c1-20(2)16-7-3-6-15(11-16)19(23)21-9-10-24-18(13-21)14-5-4-8-17(22)12-14/h4-5,8,12,15-16,18,22H,3,6-7,9-11,13H2,1-2H3. The number of hydrogen-bond acceptors (Lipinski definition) is 4. The molecule has 0 aromatic heterocycles. The highest BCUT2D eigenvalue weighted by Crippen LogP contribution is 2.31. The molecule has 5 heteroatoms. The number of nitrogens with zero attached hydrogens (tertiary/aromatic N) is 2. The van der Waals surface area contributed by atoms with Crippen LogP contribution in [0.25, 0.3) is 0 Å². The Hall–Kier alpha value is -1.59. The number of phenols is 1. The summed E-state index contributed by atoms with van der Waals surface area (Å²) in [6.07, 6.45) is 4.12. The first kappa shape index (κ1) is 17.2. The van der Waals surface area contributed by atoms with E-state index in [1.54, 1.807) is 12.1 Å². The van der Waals surface area contributed by atoms with E-state index in [4.69, 9.17) is 4.74 Å². The summed E-state index contributed by atoms with van der Waals surface area (Å²) in [5, 5.41) is 9.66. The molecule has 24 heavy (non-hydrogen) atoms. The third-order valence-corrected chi connectivity index (χ3v) is 5.35. The fraction of sp³-hybridized carbons (Fsp3) is 0.632. The lowest BCUT2D eigenvalue weighted by molar-refractivity contribution is -0.145. The Morgan fingerprint density at radius 3 is 2.92 bits per heavy atom. The van der Waals surface area contributed by atoms with Gasteiger partial charge in [-0.25, -0.2) is 0 Å². The van der Waals surface area contributed by atoms with Crippen LogP contribution < -0.4 is 0 Å². The summed E-state index contributed by atoms with van der Waals surface area (Å²) in [6, 6.07) is 7.65. The van der Waals surface area contributed by atoms with E-state index < -0.39 is 0 Å². The van der Waals surface area contributed by atoms with Crippen LogP contribution in [0.1, 0.15) is 37.4 Å². The van der Waals surface area contributed by atoms with Gasteiger partial charge in [-0.05, 0) is 51.1 Å². The third-order valence-electron chi connectivity index (χ3n) is 5.35. The van der Waals surface area contributed by atoms with Crippen molar-refractivity contribution in [2.45, 2.75) is 37.8 Å². The number of phenolic OH excluding ortho intramolecular Hbond substituents is 1. The Labute approximate surface area is 144 Å². The molecule has 2 aliphatic rings. The molecule has 1 aliphatic carbocycles. The summed E-state index contributed by atoms with van der Waals surface area (Å²) in [4.78, 5) is 17.2. The van der Waals surface area contributed by atoms with Crippen molar-refractivity contribution < 1.29 is 14.6 Å². The zero-order valence-corrected chi connectivity index (χ0v) is 14.6. The van der Waals surface area contributed by atoms with E-state index in [0.29, 0.717) is 25.7 Å². The fourth-order valence-corrected chi connectivity index (χ4v) is 3.89. The van der Waals surface area contributed by atoms with Crippen LogP contribution in [-0.4, -0.2) is 60.6 Å². The highest BCUT2D eigenvalue weighted by Gasteiger charge is 2.33. The molecule has 5 nitrogen and oxygen atoms in total. The Kier molecular flexibility index (Phi) is 5.41. The molecule has 1 aliphatic heterocycles. The van der Waals surface area contributed by atoms with Crippen molar-refractivity contribution in [3.63, 3.8) is 0 Å². The van der Waals surface area contributed by atoms with Gasteiger partial charge in [0, 0.05) is 18.5 Å². The minimum atomic E-state index is -0.150. The molecule has 2 fully saturated rings. The second-order valence-corrected chi connectivity index (χ2v) is 7.22. The van der Waals surface area contributed by atoms with Crippen LogP contribution in [0, 0.1) is 5.92 Å². The van der Waals surface area contributed by atoms with Gasteiger partial charge in [0.25, 0.3) is 0 Å². The molecular weight excluding hydrogens is 304 g/mol. The largest absolute Gasteiger partial charge is 0.508 e. The molecule has 1 aromatic rings. The maximum absolute atomic E-state index is 13.0. The second-order valence-electron chi connectivity index (χ2n) is 7.22. The van der Waals surface area contributed by atoms with Crippen LogP contribution in [-0.2, 0) is 9.53 Å². The lowest BCUT2D eigenvalue weighted by atomic mass is 9.84. The maximum atomic E-state index is 13.0. The average Bonchev–Trinajstić information content (AvgIpc) is 2.61. The molecule has 3 unspecified atom stereocenters. The summed E-state index contributed by atoms with van der Waals surface area (Å²) in [5.74, 6) is 0.643. The van der Waals surface area contributed by atoms with Crippen LogP contribution in [0.3, 0.4) is 0 Å². The number of ether oxygens (including phenoxy) is 1. The van der Waals surface area contributed by atoms with Gasteiger partial charge in [-0.2, -0.15) is 0 Å². The first-order valence-electron chi connectivity index (χ1n) is 8.90. The lowest BCUT2D eigenvalue weighted by Crippen LogP contribution is -2.47. The van der Waals surface area contributed by atoms with Crippen LogP contribution in [0.4, 0.5) is 0 Å². The van der Waals surface area contributed by atoms with Crippen molar-refractivity contribution in [2.75, 3.05) is 33.8 Å². The van der Waals surface area contributed by atoms with Crippen molar-refractivity contribution in [3.8, 4) is 5.75 Å². The van der Waals surface area contributed by atoms with Gasteiger partial charge in [0.1, 0.15) is 11.9 Å². The van der Waals surface area contributed by atoms with Crippen molar-refractivity contribution >= 4 is 5.91 Å². The molecule has 1 saturated carbocycles. The van der Waals surface area contributed by atoms with E-state index >= 15 is 0 Å². The molecule has 3 rings (SSSR count). The minimum Gasteiger partial charge on any atom is -0.508 e. The van der Waals surface area contributed by atoms with E-state index in [1.807, 2.05) is 17.0 Å². The number of aromatic hydroxyl groups is 1. The minimum absolute atomic E-state index is 0.133. The molecule has 132 valence electrons. The van der Waals surface area contributed by atoms with Crippen molar-refractivity contribution in [1.29, 1.82) is 0 Å². The second kappa shape index (κ2) is 7.53. The predicted octanol–water partition coefficient (Wildman–Crippen LogP) is 2.41. The first-order valence-corrected chi connectivity index (χ1v) is 8.90.